The Balaban J connectivity index is 2.49. The number of alkyl halides is 5. The van der Waals surface area contributed by atoms with Crippen molar-refractivity contribution in [3.8, 4) is 0 Å². The topological polar surface area (TPSA) is 17.8 Å². The molecule has 0 saturated heterocycles. The van der Waals surface area contributed by atoms with Gasteiger partial charge >= 0.3 is 6.18 Å². The van der Waals surface area contributed by atoms with Crippen molar-refractivity contribution in [3.63, 3.8) is 0 Å². The van der Waals surface area contributed by atoms with E-state index in [-0.39, 0.29) is 17.7 Å². The van der Waals surface area contributed by atoms with Crippen molar-refractivity contribution >= 4 is 0 Å². The molecule has 1 aliphatic carbocycles. The molecule has 1 aromatic rings. The zero-order valence-corrected chi connectivity index (χ0v) is 8.41. The second kappa shape index (κ2) is 3.18. The lowest BCUT2D eigenvalue weighted by Gasteiger charge is -2.22. The number of fused-ring (bicyclic) bond motifs is 1. The third-order valence-corrected chi connectivity index (χ3v) is 2.71. The highest BCUT2D eigenvalue weighted by Crippen LogP contribution is 2.39. The fraction of sp³-hybridized carbons (Fsp3) is 0.667. The fourth-order valence-corrected chi connectivity index (χ4v) is 1.96. The Bertz CT molecular complexity index is 418. The molecule has 1 aliphatic rings. The molecule has 2 rings (SSSR count). The summed E-state index contributed by atoms with van der Waals surface area (Å²) in [6, 6.07) is 0. The van der Waals surface area contributed by atoms with Gasteiger partial charge in [-0.25, -0.2) is 8.78 Å². The number of nitrogens with zero attached hydrogens (tertiary/aromatic N) is 2. The summed E-state index contributed by atoms with van der Waals surface area (Å²) in [4.78, 5) is 0. The first-order chi connectivity index (χ1) is 7.21. The monoisotopic (exact) mass is 240 g/mol. The van der Waals surface area contributed by atoms with Crippen molar-refractivity contribution in [3.05, 3.63) is 17.0 Å². The molecule has 0 bridgehead atoms. The van der Waals surface area contributed by atoms with Crippen LogP contribution in [0.5, 0.6) is 0 Å². The van der Waals surface area contributed by atoms with Crippen LogP contribution in [0.25, 0.3) is 0 Å². The standard InChI is InChI=1S/C9H9F5N2/c1-16-6-4-8(10,11)3-2-5(6)7(15-16)9(12,13)14/h2-4H2,1H3. The molecular weight excluding hydrogens is 231 g/mol. The van der Waals surface area contributed by atoms with Gasteiger partial charge in [-0.1, -0.05) is 0 Å². The number of hydrogen-bond acceptors (Lipinski definition) is 1. The van der Waals surface area contributed by atoms with Crippen molar-refractivity contribution in [2.24, 2.45) is 7.05 Å². The number of hydrogen-bond donors (Lipinski definition) is 0. The second-order valence-corrected chi connectivity index (χ2v) is 3.93. The minimum atomic E-state index is -4.57. The molecule has 90 valence electrons. The Labute approximate surface area is 88.1 Å². The summed E-state index contributed by atoms with van der Waals surface area (Å²) >= 11 is 0. The minimum Gasteiger partial charge on any atom is -0.272 e. The average Bonchev–Trinajstić information content (AvgIpc) is 2.41. The van der Waals surface area contributed by atoms with E-state index in [1.54, 1.807) is 0 Å². The molecule has 0 N–H and O–H groups in total. The maximum atomic E-state index is 13.0. The number of aryl methyl sites for hydroxylation is 1. The summed E-state index contributed by atoms with van der Waals surface area (Å²) in [6.45, 7) is 0. The van der Waals surface area contributed by atoms with E-state index in [2.05, 4.69) is 5.10 Å². The van der Waals surface area contributed by atoms with Crippen LogP contribution in [0.2, 0.25) is 0 Å². The van der Waals surface area contributed by atoms with E-state index in [9.17, 15) is 22.0 Å². The maximum absolute atomic E-state index is 13.0. The normalized spacial score (nSPS) is 19.6. The van der Waals surface area contributed by atoms with E-state index in [0.29, 0.717) is 0 Å². The first-order valence-electron chi connectivity index (χ1n) is 4.70. The fourth-order valence-electron chi connectivity index (χ4n) is 1.96. The SMILES string of the molecule is Cn1nc(C(F)(F)F)c2c1CC(F)(F)CC2. The molecule has 0 aromatic carbocycles. The van der Waals surface area contributed by atoms with Crippen molar-refractivity contribution in [2.75, 3.05) is 0 Å². The van der Waals surface area contributed by atoms with Gasteiger partial charge in [-0.3, -0.25) is 4.68 Å². The quantitative estimate of drug-likeness (QED) is 0.637. The zero-order chi connectivity index (χ0) is 12.1. The molecule has 0 atom stereocenters. The van der Waals surface area contributed by atoms with Crippen LogP contribution in [0.3, 0.4) is 0 Å². The van der Waals surface area contributed by atoms with Gasteiger partial charge < -0.3 is 0 Å². The van der Waals surface area contributed by atoms with E-state index in [1.165, 1.54) is 7.05 Å². The third kappa shape index (κ3) is 1.78. The molecule has 0 aliphatic heterocycles. The molecule has 0 spiro atoms. The van der Waals surface area contributed by atoms with Gasteiger partial charge in [-0.2, -0.15) is 18.3 Å². The predicted octanol–water partition coefficient (Wildman–Crippen LogP) is 2.56. The predicted molar refractivity (Wildman–Crippen MR) is 45.2 cm³/mol. The van der Waals surface area contributed by atoms with Crippen LogP contribution >= 0.6 is 0 Å². The van der Waals surface area contributed by atoms with Crippen LogP contribution in [0.15, 0.2) is 0 Å². The Hall–Kier alpha value is -1.14. The summed E-state index contributed by atoms with van der Waals surface area (Å²) in [7, 11) is 1.26. The highest BCUT2D eigenvalue weighted by molar-refractivity contribution is 5.32. The van der Waals surface area contributed by atoms with Crippen molar-refractivity contribution < 1.29 is 22.0 Å². The highest BCUT2D eigenvalue weighted by Gasteiger charge is 2.44. The molecule has 16 heavy (non-hydrogen) atoms. The van der Waals surface area contributed by atoms with Gasteiger partial charge in [0.15, 0.2) is 5.69 Å². The molecular formula is C9H9F5N2. The second-order valence-electron chi connectivity index (χ2n) is 3.93. The Kier molecular flexibility index (Phi) is 2.25. The summed E-state index contributed by atoms with van der Waals surface area (Å²) in [5.41, 5.74) is -1.12. The van der Waals surface area contributed by atoms with Crippen LogP contribution in [0.1, 0.15) is 23.4 Å². The Morgan fingerprint density at radius 2 is 1.94 bits per heavy atom. The molecule has 0 fully saturated rings. The third-order valence-electron chi connectivity index (χ3n) is 2.71. The Morgan fingerprint density at radius 1 is 1.31 bits per heavy atom. The summed E-state index contributed by atoms with van der Waals surface area (Å²) < 4.78 is 64.6. The van der Waals surface area contributed by atoms with Crippen LogP contribution in [-0.4, -0.2) is 15.7 Å². The number of aromatic nitrogens is 2. The van der Waals surface area contributed by atoms with Crippen LogP contribution in [0.4, 0.5) is 22.0 Å². The van der Waals surface area contributed by atoms with Gasteiger partial charge in [-0.15, -0.1) is 0 Å². The van der Waals surface area contributed by atoms with Gasteiger partial charge in [0.05, 0.1) is 6.42 Å². The molecule has 1 aromatic heterocycles. The van der Waals surface area contributed by atoms with Crippen LogP contribution < -0.4 is 0 Å². The molecule has 7 heteroatoms. The molecule has 0 radical (unpaired) electrons. The van der Waals surface area contributed by atoms with E-state index in [4.69, 9.17) is 0 Å². The lowest BCUT2D eigenvalue weighted by atomic mass is 9.92. The highest BCUT2D eigenvalue weighted by atomic mass is 19.4. The van der Waals surface area contributed by atoms with Gasteiger partial charge in [0, 0.05) is 24.7 Å². The summed E-state index contributed by atoms with van der Waals surface area (Å²) in [5, 5.41) is 3.29. The van der Waals surface area contributed by atoms with E-state index in [1.807, 2.05) is 0 Å². The summed E-state index contributed by atoms with van der Waals surface area (Å²) in [5.74, 6) is -2.93. The van der Waals surface area contributed by atoms with E-state index in [0.717, 1.165) is 4.68 Å². The van der Waals surface area contributed by atoms with Crippen molar-refractivity contribution in [2.45, 2.75) is 31.4 Å². The van der Waals surface area contributed by atoms with E-state index < -0.39 is 30.6 Å². The molecule has 2 nitrogen and oxygen atoms in total. The lowest BCUT2D eigenvalue weighted by Crippen LogP contribution is -2.27. The largest absolute Gasteiger partial charge is 0.435 e. The van der Waals surface area contributed by atoms with Gasteiger partial charge in [0.1, 0.15) is 0 Å². The van der Waals surface area contributed by atoms with Gasteiger partial charge in [0.25, 0.3) is 5.92 Å². The van der Waals surface area contributed by atoms with Crippen LogP contribution in [0, 0.1) is 0 Å². The average molecular weight is 240 g/mol. The molecule has 0 saturated carbocycles. The smallest absolute Gasteiger partial charge is 0.272 e. The minimum absolute atomic E-state index is 0.0106. The summed E-state index contributed by atoms with van der Waals surface area (Å²) in [6.07, 6.45) is -6.06. The van der Waals surface area contributed by atoms with Gasteiger partial charge in [0.2, 0.25) is 0 Å². The van der Waals surface area contributed by atoms with Crippen LogP contribution in [-0.2, 0) is 26.1 Å². The first-order valence-corrected chi connectivity index (χ1v) is 4.70. The maximum Gasteiger partial charge on any atom is 0.435 e. The van der Waals surface area contributed by atoms with E-state index >= 15 is 0 Å². The zero-order valence-electron chi connectivity index (χ0n) is 8.41. The lowest BCUT2D eigenvalue weighted by molar-refractivity contribution is -0.142. The van der Waals surface area contributed by atoms with Crippen molar-refractivity contribution in [1.29, 1.82) is 0 Å². The Morgan fingerprint density at radius 3 is 2.50 bits per heavy atom. The number of halogens is 5. The first kappa shape index (κ1) is 11.3. The van der Waals surface area contributed by atoms with Gasteiger partial charge in [-0.05, 0) is 6.42 Å². The molecule has 0 unspecified atom stereocenters. The number of rotatable bonds is 0. The van der Waals surface area contributed by atoms with Crippen molar-refractivity contribution in [1.82, 2.24) is 9.78 Å². The molecule has 0 amide bonds. The molecule has 1 heterocycles.